The second-order valence-corrected chi connectivity index (χ2v) is 7.83. The van der Waals surface area contributed by atoms with E-state index in [1.165, 1.54) is 0 Å². The Bertz CT molecular complexity index is 889. The summed E-state index contributed by atoms with van der Waals surface area (Å²) in [5.74, 6) is 0.157. The maximum Gasteiger partial charge on any atom is 0.410 e. The number of aryl methyl sites for hydroxylation is 1. The van der Waals surface area contributed by atoms with Crippen molar-refractivity contribution in [3.05, 3.63) is 29.7 Å². The molecule has 2 aliphatic rings. The quantitative estimate of drug-likeness (QED) is 0.838. The maximum absolute atomic E-state index is 13.6. The number of nitrogens with zero attached hydrogens (tertiary/aromatic N) is 5. The Labute approximate surface area is 166 Å². The molecule has 0 spiro atoms. The molecule has 0 saturated carbocycles. The molecule has 1 saturated heterocycles. The average molecular weight is 410 g/mol. The number of piperidine rings is 1. The highest BCUT2D eigenvalue weighted by atomic mass is 19.4. The fraction of sp³-hybridized carbons (Fsp3) is 0.632. The van der Waals surface area contributed by atoms with Crippen LogP contribution in [0.4, 0.5) is 19.0 Å². The fourth-order valence-electron chi connectivity index (χ4n) is 4.26. The summed E-state index contributed by atoms with van der Waals surface area (Å²) >= 11 is 0. The number of fused-ring (bicyclic) bond motifs is 1. The van der Waals surface area contributed by atoms with Crippen molar-refractivity contribution in [2.24, 2.45) is 7.05 Å². The molecule has 0 aromatic carbocycles. The van der Waals surface area contributed by atoms with E-state index in [2.05, 4.69) is 15.5 Å². The van der Waals surface area contributed by atoms with Crippen LogP contribution >= 0.6 is 0 Å². The van der Waals surface area contributed by atoms with E-state index in [1.807, 2.05) is 6.92 Å². The van der Waals surface area contributed by atoms with Crippen molar-refractivity contribution in [3.8, 4) is 0 Å². The van der Waals surface area contributed by atoms with Crippen LogP contribution in [0.3, 0.4) is 0 Å². The zero-order chi connectivity index (χ0) is 20.8. The molecule has 2 aromatic heterocycles. The molecular weight excluding hydrogens is 385 g/mol. The van der Waals surface area contributed by atoms with E-state index in [-0.39, 0.29) is 24.4 Å². The van der Waals surface area contributed by atoms with Crippen molar-refractivity contribution < 1.29 is 18.0 Å². The summed E-state index contributed by atoms with van der Waals surface area (Å²) in [7, 11) is 1.74. The van der Waals surface area contributed by atoms with Crippen molar-refractivity contribution in [2.75, 3.05) is 11.9 Å². The minimum Gasteiger partial charge on any atom is -0.367 e. The van der Waals surface area contributed by atoms with Gasteiger partial charge < -0.3 is 10.2 Å². The van der Waals surface area contributed by atoms with Crippen LogP contribution in [0.2, 0.25) is 0 Å². The first-order valence-corrected chi connectivity index (χ1v) is 10.0. The summed E-state index contributed by atoms with van der Waals surface area (Å²) in [6, 6.07) is 1.07. The van der Waals surface area contributed by atoms with Crippen LogP contribution < -0.4 is 5.32 Å². The highest BCUT2D eigenvalue weighted by Gasteiger charge is 2.46. The second kappa shape index (κ2) is 7.38. The number of hydrogen-bond acceptors (Lipinski definition) is 4. The zero-order valence-electron chi connectivity index (χ0n) is 16.5. The molecule has 4 rings (SSSR count). The second-order valence-electron chi connectivity index (χ2n) is 7.83. The summed E-state index contributed by atoms with van der Waals surface area (Å²) in [5.41, 5.74) is 0.836. The number of aromatic nitrogens is 4. The molecule has 29 heavy (non-hydrogen) atoms. The molecule has 1 N–H and O–H groups in total. The standard InChI is InChI=1S/C19H25F3N6O/c1-3-12-10-16(19(20,21)22)28-17(23-12)11-14(25-28)15-6-4-5-8-27(15)18(29)13-7-9-26(2)24-13/h7,9,11-12,15-16,23H,3-6,8,10H2,1-2H3/t12-,15+,16-/m1/s1. The normalized spacial score (nSPS) is 24.9. The number of amides is 1. The first-order valence-electron chi connectivity index (χ1n) is 10.0. The number of carbonyl (C=O) groups excluding carboxylic acids is 1. The van der Waals surface area contributed by atoms with Gasteiger partial charge in [0.05, 0.1) is 11.7 Å². The number of hydrogen-bond donors (Lipinski definition) is 1. The molecule has 4 heterocycles. The van der Waals surface area contributed by atoms with Crippen molar-refractivity contribution in [2.45, 2.75) is 63.3 Å². The molecule has 1 amide bonds. The summed E-state index contributed by atoms with van der Waals surface area (Å²) < 4.78 is 43.6. The molecule has 0 radical (unpaired) electrons. The smallest absolute Gasteiger partial charge is 0.367 e. The molecule has 0 unspecified atom stereocenters. The lowest BCUT2D eigenvalue weighted by atomic mass is 9.98. The topological polar surface area (TPSA) is 68.0 Å². The van der Waals surface area contributed by atoms with Crippen molar-refractivity contribution in [3.63, 3.8) is 0 Å². The van der Waals surface area contributed by atoms with E-state index in [4.69, 9.17) is 0 Å². The van der Waals surface area contributed by atoms with Gasteiger partial charge in [0.15, 0.2) is 6.04 Å². The Morgan fingerprint density at radius 1 is 1.31 bits per heavy atom. The van der Waals surface area contributed by atoms with Gasteiger partial charge in [-0.2, -0.15) is 23.4 Å². The maximum atomic E-state index is 13.6. The van der Waals surface area contributed by atoms with Gasteiger partial charge in [-0.25, -0.2) is 4.68 Å². The van der Waals surface area contributed by atoms with E-state index in [9.17, 15) is 18.0 Å². The molecule has 10 heteroatoms. The van der Waals surface area contributed by atoms with Gasteiger partial charge >= 0.3 is 6.18 Å². The van der Waals surface area contributed by atoms with E-state index < -0.39 is 12.2 Å². The minimum atomic E-state index is -4.37. The largest absolute Gasteiger partial charge is 0.410 e. The van der Waals surface area contributed by atoms with Crippen molar-refractivity contribution in [1.29, 1.82) is 0 Å². The lowest BCUT2D eigenvalue weighted by Crippen LogP contribution is -2.40. The van der Waals surface area contributed by atoms with Crippen LogP contribution in [0.15, 0.2) is 18.3 Å². The third kappa shape index (κ3) is 3.72. The zero-order valence-corrected chi connectivity index (χ0v) is 16.5. The van der Waals surface area contributed by atoms with Crippen molar-refractivity contribution in [1.82, 2.24) is 24.5 Å². The Balaban J connectivity index is 1.67. The Morgan fingerprint density at radius 3 is 2.76 bits per heavy atom. The molecule has 3 atom stereocenters. The molecular formula is C19H25F3N6O. The number of carbonyl (C=O) groups is 1. The lowest BCUT2D eigenvalue weighted by Gasteiger charge is -2.34. The van der Waals surface area contributed by atoms with Gasteiger partial charge in [-0.3, -0.25) is 9.48 Å². The van der Waals surface area contributed by atoms with Crippen LogP contribution in [-0.2, 0) is 7.05 Å². The summed E-state index contributed by atoms with van der Waals surface area (Å²) in [6.07, 6.45) is 0.295. The summed E-state index contributed by atoms with van der Waals surface area (Å²) in [6.45, 7) is 2.41. The third-order valence-electron chi connectivity index (χ3n) is 5.82. The van der Waals surface area contributed by atoms with Gasteiger partial charge in [-0.15, -0.1) is 0 Å². The summed E-state index contributed by atoms with van der Waals surface area (Å²) in [5, 5.41) is 11.7. The van der Waals surface area contributed by atoms with E-state index in [1.54, 1.807) is 35.0 Å². The number of nitrogens with one attached hydrogen (secondary N) is 1. The van der Waals surface area contributed by atoms with Crippen LogP contribution in [0.1, 0.15) is 67.3 Å². The van der Waals surface area contributed by atoms with Gasteiger partial charge in [0.1, 0.15) is 11.5 Å². The highest BCUT2D eigenvalue weighted by Crippen LogP contribution is 2.42. The number of rotatable bonds is 3. The number of likely N-dealkylation sites (tertiary alicyclic amines) is 1. The first kappa shape index (κ1) is 19.8. The lowest BCUT2D eigenvalue weighted by molar-refractivity contribution is -0.173. The SMILES string of the molecule is CC[C@@H]1C[C@H](C(F)(F)F)n2nc([C@@H]3CCCCN3C(=O)c3ccn(C)n3)cc2N1. The molecule has 0 aliphatic carbocycles. The Kier molecular flexibility index (Phi) is 5.04. The van der Waals surface area contributed by atoms with Gasteiger partial charge in [0.2, 0.25) is 0 Å². The molecule has 2 aliphatic heterocycles. The van der Waals surface area contributed by atoms with E-state index in [0.717, 1.165) is 17.5 Å². The van der Waals surface area contributed by atoms with Gasteiger partial charge in [-0.05, 0) is 38.2 Å². The number of alkyl halides is 3. The van der Waals surface area contributed by atoms with Crippen LogP contribution in [0.5, 0.6) is 0 Å². The first-order chi connectivity index (χ1) is 13.8. The Hall–Kier alpha value is -2.52. The Morgan fingerprint density at radius 2 is 2.10 bits per heavy atom. The minimum absolute atomic E-state index is 0.0463. The van der Waals surface area contributed by atoms with Crippen LogP contribution in [-0.4, -0.2) is 49.1 Å². The monoisotopic (exact) mass is 410 g/mol. The van der Waals surface area contributed by atoms with Gasteiger partial charge in [0.25, 0.3) is 5.91 Å². The number of halogens is 3. The van der Waals surface area contributed by atoms with Gasteiger partial charge in [-0.1, -0.05) is 6.92 Å². The summed E-state index contributed by atoms with van der Waals surface area (Å²) in [4.78, 5) is 14.7. The molecule has 0 bridgehead atoms. The van der Waals surface area contributed by atoms with E-state index in [0.29, 0.717) is 36.6 Å². The fourth-order valence-corrected chi connectivity index (χ4v) is 4.26. The molecule has 1 fully saturated rings. The predicted molar refractivity (Wildman–Crippen MR) is 100 cm³/mol. The van der Waals surface area contributed by atoms with E-state index >= 15 is 0 Å². The van der Waals surface area contributed by atoms with Crippen LogP contribution in [0.25, 0.3) is 0 Å². The molecule has 2 aromatic rings. The van der Waals surface area contributed by atoms with Gasteiger partial charge in [0, 0.05) is 31.9 Å². The third-order valence-corrected chi connectivity index (χ3v) is 5.82. The highest BCUT2D eigenvalue weighted by molar-refractivity contribution is 5.92. The predicted octanol–water partition coefficient (Wildman–Crippen LogP) is 3.68. The molecule has 7 nitrogen and oxygen atoms in total. The van der Waals surface area contributed by atoms with Crippen molar-refractivity contribution >= 4 is 11.7 Å². The number of anilines is 1. The average Bonchev–Trinajstić information content (AvgIpc) is 3.31. The van der Waals surface area contributed by atoms with Crippen LogP contribution in [0, 0.1) is 0 Å². The molecule has 158 valence electrons.